The van der Waals surface area contributed by atoms with Crippen molar-refractivity contribution in [2.75, 3.05) is 0 Å². The first-order chi connectivity index (χ1) is 10.9. The van der Waals surface area contributed by atoms with Crippen LogP contribution in [0.5, 0.6) is 0 Å². The van der Waals surface area contributed by atoms with E-state index in [1.54, 1.807) is 30.3 Å². The fourth-order valence-electron chi connectivity index (χ4n) is 1.81. The molecular formula is C17H16O6. The van der Waals surface area contributed by atoms with E-state index < -0.39 is 23.8 Å². The molecule has 0 amide bonds. The number of carboxylic acids is 3. The molecule has 0 saturated heterocycles. The Morgan fingerprint density at radius 2 is 1.17 bits per heavy atom. The van der Waals surface area contributed by atoms with Gasteiger partial charge in [-0.25, -0.2) is 0 Å². The molecule has 0 aliphatic heterocycles. The van der Waals surface area contributed by atoms with E-state index in [0.29, 0.717) is 0 Å². The third-order valence-corrected chi connectivity index (χ3v) is 2.82. The van der Waals surface area contributed by atoms with E-state index in [1.165, 1.54) is 12.1 Å². The molecule has 0 aromatic heterocycles. The van der Waals surface area contributed by atoms with Crippen molar-refractivity contribution in [2.45, 2.75) is 12.3 Å². The van der Waals surface area contributed by atoms with Gasteiger partial charge in [0, 0.05) is 0 Å². The average Bonchev–Trinajstić information content (AvgIpc) is 2.48. The largest absolute Gasteiger partial charge is 0.481 e. The van der Waals surface area contributed by atoms with Crippen LogP contribution in [0.1, 0.15) is 17.0 Å². The van der Waals surface area contributed by atoms with Crippen molar-refractivity contribution in [1.82, 2.24) is 0 Å². The Bertz CT molecular complexity index is 637. The number of hydrogen-bond acceptors (Lipinski definition) is 3. The lowest BCUT2D eigenvalue weighted by Gasteiger charge is -2.06. The van der Waals surface area contributed by atoms with Crippen molar-refractivity contribution in [3.63, 3.8) is 0 Å². The van der Waals surface area contributed by atoms with Crippen LogP contribution in [0.3, 0.4) is 0 Å². The van der Waals surface area contributed by atoms with Crippen LogP contribution in [0.25, 0.3) is 0 Å². The van der Waals surface area contributed by atoms with Crippen LogP contribution in [0.15, 0.2) is 60.7 Å². The molecule has 2 rings (SSSR count). The van der Waals surface area contributed by atoms with Gasteiger partial charge in [0.25, 0.3) is 0 Å². The average molecular weight is 316 g/mol. The summed E-state index contributed by atoms with van der Waals surface area (Å²) in [7, 11) is 0. The number of rotatable bonds is 5. The maximum atomic E-state index is 10.6. The van der Waals surface area contributed by atoms with Gasteiger partial charge in [-0.3, -0.25) is 14.4 Å². The summed E-state index contributed by atoms with van der Waals surface area (Å²) >= 11 is 0. The molecular weight excluding hydrogens is 300 g/mol. The summed E-state index contributed by atoms with van der Waals surface area (Å²) in [6, 6.07) is 17.0. The highest BCUT2D eigenvalue weighted by atomic mass is 16.4. The van der Waals surface area contributed by atoms with Gasteiger partial charge in [0.2, 0.25) is 0 Å². The van der Waals surface area contributed by atoms with Gasteiger partial charge in [-0.1, -0.05) is 60.7 Å². The molecule has 6 nitrogen and oxygen atoms in total. The van der Waals surface area contributed by atoms with E-state index in [-0.39, 0.29) is 12.0 Å². The maximum absolute atomic E-state index is 10.6. The molecule has 0 unspecified atom stereocenters. The van der Waals surface area contributed by atoms with Gasteiger partial charge < -0.3 is 15.3 Å². The second-order valence-electron chi connectivity index (χ2n) is 4.58. The minimum atomic E-state index is -1.47. The number of hydrogen-bond donors (Lipinski definition) is 3. The first kappa shape index (κ1) is 17.9. The van der Waals surface area contributed by atoms with Gasteiger partial charge in [-0.15, -0.1) is 0 Å². The zero-order valence-electron chi connectivity index (χ0n) is 12.1. The maximum Gasteiger partial charge on any atom is 0.322 e. The summed E-state index contributed by atoms with van der Waals surface area (Å²) in [6.45, 7) is 0. The van der Waals surface area contributed by atoms with E-state index in [0.717, 1.165) is 5.56 Å². The lowest BCUT2D eigenvalue weighted by Crippen LogP contribution is -2.20. The third kappa shape index (κ3) is 6.43. The predicted molar refractivity (Wildman–Crippen MR) is 82.2 cm³/mol. The fourth-order valence-corrected chi connectivity index (χ4v) is 1.81. The van der Waals surface area contributed by atoms with Crippen molar-refractivity contribution in [1.29, 1.82) is 0 Å². The Morgan fingerprint density at radius 1 is 0.739 bits per heavy atom. The SMILES string of the molecule is O=C(O)C(C(=O)O)c1ccccc1.O=C(O)Cc1ccccc1. The van der Waals surface area contributed by atoms with Crippen LogP contribution < -0.4 is 0 Å². The molecule has 120 valence electrons. The molecule has 0 atom stereocenters. The van der Waals surface area contributed by atoms with Gasteiger partial charge in [0.1, 0.15) is 0 Å². The van der Waals surface area contributed by atoms with Gasteiger partial charge >= 0.3 is 17.9 Å². The van der Waals surface area contributed by atoms with Gasteiger partial charge in [-0.2, -0.15) is 0 Å². The van der Waals surface area contributed by atoms with Crippen LogP contribution in [0.4, 0.5) is 0 Å². The van der Waals surface area contributed by atoms with Crippen molar-refractivity contribution < 1.29 is 29.7 Å². The normalized spacial score (nSPS) is 9.61. The van der Waals surface area contributed by atoms with E-state index >= 15 is 0 Å². The molecule has 6 heteroatoms. The van der Waals surface area contributed by atoms with Gasteiger partial charge in [0.15, 0.2) is 5.92 Å². The molecule has 0 aliphatic rings. The van der Waals surface area contributed by atoms with Crippen LogP contribution in [0.2, 0.25) is 0 Å². The van der Waals surface area contributed by atoms with Gasteiger partial charge in [-0.05, 0) is 11.1 Å². The Kier molecular flexibility index (Phi) is 7.00. The Labute approximate surface area is 132 Å². The van der Waals surface area contributed by atoms with Crippen molar-refractivity contribution in [2.24, 2.45) is 0 Å². The van der Waals surface area contributed by atoms with Crippen LogP contribution in [0, 0.1) is 0 Å². The summed E-state index contributed by atoms with van der Waals surface area (Å²) in [5, 5.41) is 25.6. The number of carbonyl (C=O) groups is 3. The number of benzene rings is 2. The molecule has 0 bridgehead atoms. The predicted octanol–water partition coefficient (Wildman–Crippen LogP) is 2.25. The molecule has 23 heavy (non-hydrogen) atoms. The second kappa shape index (κ2) is 8.99. The molecule has 0 fully saturated rings. The first-order valence-corrected chi connectivity index (χ1v) is 6.68. The van der Waals surface area contributed by atoms with E-state index in [1.807, 2.05) is 18.2 Å². The lowest BCUT2D eigenvalue weighted by atomic mass is 10.00. The van der Waals surface area contributed by atoms with E-state index in [2.05, 4.69) is 0 Å². The number of carboxylic acid groups (broad SMARTS) is 3. The highest BCUT2D eigenvalue weighted by Crippen LogP contribution is 2.15. The summed E-state index contributed by atoms with van der Waals surface area (Å²) in [4.78, 5) is 31.3. The molecule has 0 saturated carbocycles. The minimum Gasteiger partial charge on any atom is -0.481 e. The van der Waals surface area contributed by atoms with Crippen LogP contribution in [-0.4, -0.2) is 33.2 Å². The molecule has 0 aliphatic carbocycles. The monoisotopic (exact) mass is 316 g/mol. The Balaban J connectivity index is 0.000000238. The lowest BCUT2D eigenvalue weighted by molar-refractivity contribution is -0.150. The summed E-state index contributed by atoms with van der Waals surface area (Å²) < 4.78 is 0. The van der Waals surface area contributed by atoms with Crippen molar-refractivity contribution in [3.05, 3.63) is 71.8 Å². The van der Waals surface area contributed by atoms with Crippen LogP contribution >= 0.6 is 0 Å². The topological polar surface area (TPSA) is 112 Å². The Morgan fingerprint density at radius 3 is 1.57 bits per heavy atom. The Hall–Kier alpha value is -3.15. The summed E-state index contributed by atoms with van der Waals surface area (Å²) in [6.07, 6.45) is 0.112. The first-order valence-electron chi connectivity index (χ1n) is 6.68. The van der Waals surface area contributed by atoms with Crippen molar-refractivity contribution >= 4 is 17.9 Å². The highest BCUT2D eigenvalue weighted by Gasteiger charge is 2.27. The molecule has 0 radical (unpaired) electrons. The zero-order valence-corrected chi connectivity index (χ0v) is 12.1. The molecule has 0 heterocycles. The standard InChI is InChI=1S/C9H8O4.C8H8O2/c10-8(11)7(9(12)13)6-4-2-1-3-5-6;9-8(10)6-7-4-2-1-3-5-7/h1-5,7H,(H,10,11)(H,12,13);1-5H,6H2,(H,9,10). The van der Waals surface area contributed by atoms with Crippen molar-refractivity contribution in [3.8, 4) is 0 Å². The molecule has 2 aromatic rings. The second-order valence-corrected chi connectivity index (χ2v) is 4.58. The van der Waals surface area contributed by atoms with Gasteiger partial charge in [0.05, 0.1) is 6.42 Å². The fraction of sp³-hybridized carbons (Fsp3) is 0.118. The van der Waals surface area contributed by atoms with Crippen LogP contribution in [-0.2, 0) is 20.8 Å². The summed E-state index contributed by atoms with van der Waals surface area (Å²) in [5.41, 5.74) is 1.12. The quantitative estimate of drug-likeness (QED) is 0.729. The minimum absolute atomic E-state index is 0.112. The smallest absolute Gasteiger partial charge is 0.322 e. The number of aliphatic carboxylic acids is 3. The van der Waals surface area contributed by atoms with E-state index in [4.69, 9.17) is 15.3 Å². The zero-order chi connectivity index (χ0) is 17.2. The third-order valence-electron chi connectivity index (χ3n) is 2.82. The molecule has 3 N–H and O–H groups in total. The van der Waals surface area contributed by atoms with E-state index in [9.17, 15) is 14.4 Å². The summed E-state index contributed by atoms with van der Waals surface area (Å²) in [5.74, 6) is -4.95. The highest BCUT2D eigenvalue weighted by molar-refractivity contribution is 5.98. The molecule has 2 aromatic carbocycles. The molecule has 0 spiro atoms.